The first-order valence-electron chi connectivity index (χ1n) is 4.01. The second kappa shape index (κ2) is 5.29. The summed E-state index contributed by atoms with van der Waals surface area (Å²) >= 11 is 15.3. The molecule has 0 saturated carbocycles. The molecule has 4 N–H and O–H groups in total. The topological polar surface area (TPSA) is 82.2 Å². The molecule has 16 heavy (non-hydrogen) atoms. The predicted octanol–water partition coefficient (Wildman–Crippen LogP) is 2.57. The number of nitrogens with one attached hydrogen (secondary N) is 2. The quantitative estimate of drug-likeness (QED) is 0.362. The van der Waals surface area contributed by atoms with E-state index in [2.05, 4.69) is 18.1 Å². The number of carbonyl (C=O) groups excluding carboxylic acids is 1. The molecule has 0 aromatic heterocycles. The van der Waals surface area contributed by atoms with Crippen LogP contribution in [-0.2, 0) is 0 Å². The van der Waals surface area contributed by atoms with Crippen LogP contribution in [0.4, 0.5) is 10.5 Å². The minimum absolute atomic E-state index is 0.211. The number of thiol groups is 1. The Labute approximate surface area is 108 Å². The highest BCUT2D eigenvalue weighted by atomic mass is 35.5. The van der Waals surface area contributed by atoms with Crippen LogP contribution < -0.4 is 11.1 Å². The third-order valence-corrected chi connectivity index (χ3v) is 2.83. The highest BCUT2D eigenvalue weighted by molar-refractivity contribution is 7.79. The summed E-state index contributed by atoms with van der Waals surface area (Å²) in [5, 5.41) is 9.93. The number of benzene rings is 1. The molecule has 0 aliphatic carbocycles. The van der Waals surface area contributed by atoms with Crippen LogP contribution in [0.25, 0.3) is 0 Å². The molecule has 0 bridgehead atoms. The lowest BCUT2D eigenvalue weighted by molar-refractivity contribution is 0.247. The van der Waals surface area contributed by atoms with Crippen molar-refractivity contribution in [2.75, 3.05) is 5.32 Å². The lowest BCUT2D eigenvalue weighted by atomic mass is 10.3. The third-order valence-electron chi connectivity index (χ3n) is 1.61. The van der Waals surface area contributed by atoms with Gasteiger partial charge in [0.15, 0.2) is 0 Å². The lowest BCUT2D eigenvalue weighted by Gasteiger charge is -2.14. The number of anilines is 1. The Kier molecular flexibility index (Phi) is 4.28. The van der Waals surface area contributed by atoms with Crippen molar-refractivity contribution in [1.29, 1.82) is 5.41 Å². The standard InChI is InChI=1S/C8H8Cl2N4OS/c9-4-2-1-3-5(6(4)10)13-8(15)14(16)7(11)12/h1-3,16H,(H3,11,12)(H,13,15). The zero-order valence-electron chi connectivity index (χ0n) is 7.87. The predicted molar refractivity (Wildman–Crippen MR) is 68.2 cm³/mol. The van der Waals surface area contributed by atoms with Crippen LogP contribution in [0.3, 0.4) is 0 Å². The normalized spacial score (nSPS) is 9.69. The van der Waals surface area contributed by atoms with E-state index in [4.69, 9.17) is 34.3 Å². The Hall–Kier alpha value is -1.11. The van der Waals surface area contributed by atoms with Crippen LogP contribution in [0.15, 0.2) is 18.2 Å². The second-order valence-electron chi connectivity index (χ2n) is 2.73. The Morgan fingerprint density at radius 2 is 2.12 bits per heavy atom. The zero-order valence-corrected chi connectivity index (χ0v) is 10.3. The number of urea groups is 1. The summed E-state index contributed by atoms with van der Waals surface area (Å²) in [7, 11) is 0. The van der Waals surface area contributed by atoms with Gasteiger partial charge in [0.25, 0.3) is 0 Å². The Morgan fingerprint density at radius 1 is 1.50 bits per heavy atom. The summed E-state index contributed by atoms with van der Waals surface area (Å²) in [4.78, 5) is 11.4. The first-order chi connectivity index (χ1) is 7.43. The number of hydrogen-bond acceptors (Lipinski definition) is 3. The van der Waals surface area contributed by atoms with E-state index in [1.165, 1.54) is 0 Å². The van der Waals surface area contributed by atoms with Gasteiger partial charge in [-0.25, -0.2) is 9.10 Å². The lowest BCUT2D eigenvalue weighted by Crippen LogP contribution is -2.36. The molecule has 0 aliphatic heterocycles. The molecule has 0 atom stereocenters. The van der Waals surface area contributed by atoms with Gasteiger partial charge in [-0.15, -0.1) is 0 Å². The molecular formula is C8H8Cl2N4OS. The van der Waals surface area contributed by atoms with E-state index >= 15 is 0 Å². The summed E-state index contributed by atoms with van der Waals surface area (Å²) in [6.45, 7) is 0. The van der Waals surface area contributed by atoms with Crippen molar-refractivity contribution in [2.24, 2.45) is 5.73 Å². The minimum Gasteiger partial charge on any atom is -0.369 e. The van der Waals surface area contributed by atoms with Crippen molar-refractivity contribution in [3.63, 3.8) is 0 Å². The van der Waals surface area contributed by atoms with Crippen molar-refractivity contribution >= 4 is 53.7 Å². The average molecular weight is 279 g/mol. The van der Waals surface area contributed by atoms with Gasteiger partial charge in [-0.1, -0.05) is 42.1 Å². The molecule has 2 amide bonds. The summed E-state index contributed by atoms with van der Waals surface area (Å²) < 4.78 is 0.636. The smallest absolute Gasteiger partial charge is 0.338 e. The van der Waals surface area contributed by atoms with Gasteiger partial charge in [0.2, 0.25) is 5.96 Å². The number of halogens is 2. The van der Waals surface area contributed by atoms with Crippen molar-refractivity contribution < 1.29 is 4.79 Å². The van der Waals surface area contributed by atoms with Crippen LogP contribution in [0, 0.1) is 5.41 Å². The molecule has 1 aromatic carbocycles. The van der Waals surface area contributed by atoms with Gasteiger partial charge in [0.05, 0.1) is 15.7 Å². The molecule has 0 spiro atoms. The first-order valence-corrected chi connectivity index (χ1v) is 5.17. The highest BCUT2D eigenvalue weighted by Crippen LogP contribution is 2.29. The van der Waals surface area contributed by atoms with Gasteiger partial charge in [0.1, 0.15) is 0 Å². The fraction of sp³-hybridized carbons (Fsp3) is 0. The van der Waals surface area contributed by atoms with Crippen LogP contribution in [-0.4, -0.2) is 16.3 Å². The maximum absolute atomic E-state index is 11.4. The molecule has 0 fully saturated rings. The number of carbonyl (C=O) groups is 1. The molecule has 0 heterocycles. The van der Waals surface area contributed by atoms with E-state index in [0.29, 0.717) is 15.0 Å². The SMILES string of the molecule is N=C(N)N(S)C(=O)Nc1cccc(Cl)c1Cl. The van der Waals surface area contributed by atoms with E-state index in [1.807, 2.05) is 0 Å². The number of hydrogen-bond donors (Lipinski definition) is 4. The molecule has 0 saturated heterocycles. The van der Waals surface area contributed by atoms with Crippen LogP contribution in [0.5, 0.6) is 0 Å². The number of guanidine groups is 1. The Morgan fingerprint density at radius 3 is 2.69 bits per heavy atom. The van der Waals surface area contributed by atoms with E-state index in [0.717, 1.165) is 0 Å². The molecule has 0 radical (unpaired) electrons. The molecule has 8 heteroatoms. The maximum Gasteiger partial charge on any atom is 0.338 e. The van der Waals surface area contributed by atoms with Gasteiger partial charge in [-0.3, -0.25) is 5.41 Å². The molecule has 1 aromatic rings. The van der Waals surface area contributed by atoms with E-state index in [1.54, 1.807) is 18.2 Å². The van der Waals surface area contributed by atoms with Crippen molar-refractivity contribution in [3.8, 4) is 0 Å². The van der Waals surface area contributed by atoms with Gasteiger partial charge < -0.3 is 11.1 Å². The van der Waals surface area contributed by atoms with Gasteiger partial charge in [-0.05, 0) is 12.1 Å². The monoisotopic (exact) mass is 278 g/mol. The van der Waals surface area contributed by atoms with Crippen molar-refractivity contribution in [1.82, 2.24) is 4.31 Å². The van der Waals surface area contributed by atoms with Crippen LogP contribution >= 0.6 is 36.0 Å². The van der Waals surface area contributed by atoms with Gasteiger partial charge in [0, 0.05) is 0 Å². The molecule has 86 valence electrons. The summed E-state index contributed by atoms with van der Waals surface area (Å²) in [6, 6.07) is 4.08. The summed E-state index contributed by atoms with van der Waals surface area (Å²) in [6.07, 6.45) is 0. The number of nitrogens with two attached hydrogens (primary N) is 1. The fourth-order valence-corrected chi connectivity index (χ4v) is 1.28. The van der Waals surface area contributed by atoms with E-state index in [9.17, 15) is 4.79 Å². The number of amides is 2. The molecule has 0 aliphatic rings. The van der Waals surface area contributed by atoms with Crippen LogP contribution in [0.1, 0.15) is 0 Å². The number of nitrogens with zero attached hydrogens (tertiary/aromatic N) is 1. The van der Waals surface area contributed by atoms with E-state index < -0.39 is 12.0 Å². The highest BCUT2D eigenvalue weighted by Gasteiger charge is 2.14. The first kappa shape index (κ1) is 13.0. The minimum atomic E-state index is -0.694. The van der Waals surface area contributed by atoms with Crippen molar-refractivity contribution in [2.45, 2.75) is 0 Å². The molecule has 5 nitrogen and oxygen atoms in total. The maximum atomic E-state index is 11.4. The second-order valence-corrected chi connectivity index (χ2v) is 3.91. The van der Waals surface area contributed by atoms with Crippen LogP contribution in [0.2, 0.25) is 10.0 Å². The van der Waals surface area contributed by atoms with E-state index in [-0.39, 0.29) is 5.02 Å². The van der Waals surface area contributed by atoms with Crippen molar-refractivity contribution in [3.05, 3.63) is 28.2 Å². The van der Waals surface area contributed by atoms with Gasteiger partial charge in [-0.2, -0.15) is 0 Å². The Bertz CT molecular complexity index is 440. The molecule has 0 unspecified atom stereocenters. The zero-order chi connectivity index (χ0) is 12.3. The number of rotatable bonds is 1. The molecular weight excluding hydrogens is 271 g/mol. The van der Waals surface area contributed by atoms with Gasteiger partial charge >= 0.3 is 6.03 Å². The average Bonchev–Trinajstić information content (AvgIpc) is 2.23. The fourth-order valence-electron chi connectivity index (χ4n) is 0.878. The largest absolute Gasteiger partial charge is 0.369 e. The Balaban J connectivity index is 2.85. The molecule has 1 rings (SSSR count). The summed E-state index contributed by atoms with van der Waals surface area (Å²) in [5.41, 5.74) is 5.39. The summed E-state index contributed by atoms with van der Waals surface area (Å²) in [5.74, 6) is -0.501. The third kappa shape index (κ3) is 2.94.